The van der Waals surface area contributed by atoms with Crippen LogP contribution in [0.15, 0.2) is 48.5 Å². The minimum Gasteiger partial charge on any atom is -0.465 e. The first-order chi connectivity index (χ1) is 9.29. The zero-order chi connectivity index (χ0) is 13.2. The molecule has 1 saturated carbocycles. The lowest BCUT2D eigenvalue weighted by molar-refractivity contribution is 0.0601. The molecule has 0 aliphatic heterocycles. The van der Waals surface area contributed by atoms with Gasteiger partial charge in [-0.3, -0.25) is 0 Å². The second kappa shape index (κ2) is 4.88. The molecule has 2 nitrogen and oxygen atoms in total. The Bertz CT molecular complexity index is 595. The van der Waals surface area contributed by atoms with E-state index in [0.29, 0.717) is 5.56 Å². The Morgan fingerprint density at radius 2 is 1.74 bits per heavy atom. The highest BCUT2D eigenvalue weighted by Crippen LogP contribution is 2.44. The molecule has 1 aliphatic rings. The van der Waals surface area contributed by atoms with Crippen LogP contribution in [0.3, 0.4) is 0 Å². The van der Waals surface area contributed by atoms with Gasteiger partial charge >= 0.3 is 5.97 Å². The number of ether oxygens (including phenoxy) is 1. The summed E-state index contributed by atoms with van der Waals surface area (Å²) in [7, 11) is 1.40. The molecule has 0 radical (unpaired) electrons. The summed E-state index contributed by atoms with van der Waals surface area (Å²) >= 11 is 0. The van der Waals surface area contributed by atoms with Gasteiger partial charge in [0.05, 0.1) is 12.7 Å². The molecule has 96 valence electrons. The Morgan fingerprint density at radius 1 is 1.05 bits per heavy atom. The topological polar surface area (TPSA) is 26.3 Å². The highest BCUT2D eigenvalue weighted by atomic mass is 16.5. The van der Waals surface area contributed by atoms with Crippen LogP contribution in [0.2, 0.25) is 0 Å². The van der Waals surface area contributed by atoms with Gasteiger partial charge in [-0.1, -0.05) is 36.4 Å². The molecule has 2 aromatic rings. The molecule has 2 heteroatoms. The van der Waals surface area contributed by atoms with Crippen molar-refractivity contribution in [3.63, 3.8) is 0 Å². The van der Waals surface area contributed by atoms with Crippen molar-refractivity contribution in [1.29, 1.82) is 0 Å². The Morgan fingerprint density at radius 3 is 2.37 bits per heavy atom. The Labute approximate surface area is 113 Å². The van der Waals surface area contributed by atoms with E-state index < -0.39 is 0 Å². The van der Waals surface area contributed by atoms with Crippen LogP contribution in [0, 0.1) is 0 Å². The van der Waals surface area contributed by atoms with Gasteiger partial charge in [0.25, 0.3) is 0 Å². The molecule has 0 unspecified atom stereocenters. The number of esters is 1. The maximum Gasteiger partial charge on any atom is 0.337 e. The van der Waals surface area contributed by atoms with Crippen LogP contribution in [0.1, 0.15) is 34.7 Å². The molecule has 3 rings (SSSR count). The predicted molar refractivity (Wildman–Crippen MR) is 75.2 cm³/mol. The molecule has 1 fully saturated rings. The van der Waals surface area contributed by atoms with E-state index in [1.165, 1.54) is 31.1 Å². The van der Waals surface area contributed by atoms with Gasteiger partial charge in [0.1, 0.15) is 0 Å². The molecule has 0 N–H and O–H groups in total. The van der Waals surface area contributed by atoms with Gasteiger partial charge in [0, 0.05) is 0 Å². The van der Waals surface area contributed by atoms with Gasteiger partial charge in [0.2, 0.25) is 0 Å². The SMILES string of the molecule is COC(=O)c1ccc(-c2ccccc2C2CC2)cc1. The van der Waals surface area contributed by atoms with Crippen molar-refractivity contribution in [2.24, 2.45) is 0 Å². The Hall–Kier alpha value is -2.09. The van der Waals surface area contributed by atoms with Crippen LogP contribution in [0.5, 0.6) is 0 Å². The minimum atomic E-state index is -0.290. The van der Waals surface area contributed by atoms with Crippen LogP contribution in [-0.2, 0) is 4.74 Å². The second-order valence-electron chi connectivity index (χ2n) is 4.93. The van der Waals surface area contributed by atoms with Gasteiger partial charge in [-0.2, -0.15) is 0 Å². The lowest BCUT2D eigenvalue weighted by Crippen LogP contribution is -2.00. The fourth-order valence-corrected chi connectivity index (χ4v) is 2.41. The van der Waals surface area contributed by atoms with Gasteiger partial charge in [-0.15, -0.1) is 0 Å². The maximum atomic E-state index is 11.4. The maximum absolute atomic E-state index is 11.4. The first-order valence-electron chi connectivity index (χ1n) is 6.57. The highest BCUT2D eigenvalue weighted by molar-refractivity contribution is 5.90. The van der Waals surface area contributed by atoms with E-state index in [9.17, 15) is 4.79 Å². The van der Waals surface area contributed by atoms with Crippen molar-refractivity contribution in [3.8, 4) is 11.1 Å². The summed E-state index contributed by atoms with van der Waals surface area (Å²) in [5, 5.41) is 0. The minimum absolute atomic E-state index is 0.290. The van der Waals surface area contributed by atoms with Crippen LogP contribution in [-0.4, -0.2) is 13.1 Å². The molecule has 0 saturated heterocycles. The predicted octanol–water partition coefficient (Wildman–Crippen LogP) is 4.02. The first kappa shape index (κ1) is 12.0. The number of methoxy groups -OCH3 is 1. The third-order valence-electron chi connectivity index (χ3n) is 3.59. The van der Waals surface area contributed by atoms with Gasteiger partial charge in [-0.25, -0.2) is 4.79 Å². The third-order valence-corrected chi connectivity index (χ3v) is 3.59. The highest BCUT2D eigenvalue weighted by Gasteiger charge is 2.25. The van der Waals surface area contributed by atoms with Crippen molar-refractivity contribution in [3.05, 3.63) is 59.7 Å². The van der Waals surface area contributed by atoms with Crippen LogP contribution < -0.4 is 0 Å². The zero-order valence-corrected chi connectivity index (χ0v) is 10.9. The molecule has 0 spiro atoms. The first-order valence-corrected chi connectivity index (χ1v) is 6.57. The largest absolute Gasteiger partial charge is 0.465 e. The summed E-state index contributed by atoms with van der Waals surface area (Å²) in [5.41, 5.74) is 4.46. The van der Waals surface area contributed by atoms with E-state index in [0.717, 1.165) is 11.5 Å². The van der Waals surface area contributed by atoms with Gasteiger partial charge in [-0.05, 0) is 47.6 Å². The molecule has 0 amide bonds. The van der Waals surface area contributed by atoms with E-state index >= 15 is 0 Å². The summed E-state index contributed by atoms with van der Waals surface area (Å²) < 4.78 is 4.71. The number of hydrogen-bond acceptors (Lipinski definition) is 2. The summed E-state index contributed by atoms with van der Waals surface area (Å²) in [6.45, 7) is 0. The lowest BCUT2D eigenvalue weighted by Gasteiger charge is -2.09. The standard InChI is InChI=1S/C17H16O2/c1-19-17(18)14-10-8-13(9-11-14)16-5-3-2-4-15(16)12-6-7-12/h2-5,8-12H,6-7H2,1H3. The number of hydrogen-bond donors (Lipinski definition) is 0. The molecule has 0 bridgehead atoms. The van der Waals surface area contributed by atoms with E-state index in [1.54, 1.807) is 0 Å². The molecule has 1 aliphatic carbocycles. The van der Waals surface area contributed by atoms with Gasteiger partial charge < -0.3 is 4.74 Å². The molecule has 19 heavy (non-hydrogen) atoms. The number of benzene rings is 2. The van der Waals surface area contributed by atoms with E-state index in [-0.39, 0.29) is 5.97 Å². The third kappa shape index (κ3) is 2.39. The summed E-state index contributed by atoms with van der Waals surface area (Å²) in [6, 6.07) is 16.2. The normalized spacial score (nSPS) is 14.2. The van der Waals surface area contributed by atoms with E-state index in [2.05, 4.69) is 24.3 Å². The smallest absolute Gasteiger partial charge is 0.337 e. The number of carbonyl (C=O) groups excluding carboxylic acids is 1. The number of rotatable bonds is 3. The lowest BCUT2D eigenvalue weighted by atomic mass is 9.96. The van der Waals surface area contributed by atoms with Crippen molar-refractivity contribution < 1.29 is 9.53 Å². The van der Waals surface area contributed by atoms with E-state index in [1.807, 2.05) is 24.3 Å². The molecular formula is C17H16O2. The second-order valence-corrected chi connectivity index (χ2v) is 4.93. The van der Waals surface area contributed by atoms with Crippen molar-refractivity contribution in [2.75, 3.05) is 7.11 Å². The molecule has 0 heterocycles. The van der Waals surface area contributed by atoms with Crippen LogP contribution >= 0.6 is 0 Å². The quantitative estimate of drug-likeness (QED) is 0.771. The van der Waals surface area contributed by atoms with Crippen molar-refractivity contribution >= 4 is 5.97 Å². The molecule has 0 aromatic heterocycles. The molecular weight excluding hydrogens is 236 g/mol. The molecule has 2 aromatic carbocycles. The monoisotopic (exact) mass is 252 g/mol. The number of carbonyl (C=O) groups is 1. The fraction of sp³-hybridized carbons (Fsp3) is 0.235. The van der Waals surface area contributed by atoms with Crippen molar-refractivity contribution in [2.45, 2.75) is 18.8 Å². The summed E-state index contributed by atoms with van der Waals surface area (Å²) in [6.07, 6.45) is 2.58. The Balaban J connectivity index is 1.96. The van der Waals surface area contributed by atoms with Crippen LogP contribution in [0.25, 0.3) is 11.1 Å². The zero-order valence-electron chi connectivity index (χ0n) is 10.9. The van der Waals surface area contributed by atoms with Crippen molar-refractivity contribution in [1.82, 2.24) is 0 Å². The average molecular weight is 252 g/mol. The fourth-order valence-electron chi connectivity index (χ4n) is 2.41. The molecule has 0 atom stereocenters. The average Bonchev–Trinajstić information content (AvgIpc) is 3.31. The Kier molecular flexibility index (Phi) is 3.08. The summed E-state index contributed by atoms with van der Waals surface area (Å²) in [5.74, 6) is 0.429. The van der Waals surface area contributed by atoms with Gasteiger partial charge in [0.15, 0.2) is 0 Å². The summed E-state index contributed by atoms with van der Waals surface area (Å²) in [4.78, 5) is 11.4. The van der Waals surface area contributed by atoms with E-state index in [4.69, 9.17) is 4.74 Å². The van der Waals surface area contributed by atoms with Crippen LogP contribution in [0.4, 0.5) is 0 Å².